The molecule has 6 heteroatoms. The van der Waals surface area contributed by atoms with Crippen LogP contribution in [-0.4, -0.2) is 30.2 Å². The first-order valence-electron chi connectivity index (χ1n) is 7.71. The first-order chi connectivity index (χ1) is 11.4. The van der Waals surface area contributed by atoms with Crippen LogP contribution in [-0.2, 0) is 0 Å². The van der Waals surface area contributed by atoms with Gasteiger partial charge in [-0.25, -0.2) is 0 Å². The third kappa shape index (κ3) is 3.53. The molecule has 1 unspecified atom stereocenters. The Morgan fingerprint density at radius 3 is 1.75 bits per heavy atom. The van der Waals surface area contributed by atoms with E-state index in [9.17, 15) is 0 Å². The zero-order valence-corrected chi connectivity index (χ0v) is 15.8. The molecular formula is C18H19Cl3N2O. The molecule has 128 valence electrons. The summed E-state index contributed by atoms with van der Waals surface area (Å²) in [5, 5.41) is 0. The van der Waals surface area contributed by atoms with Crippen molar-refractivity contribution in [3.8, 4) is 5.75 Å². The zero-order valence-electron chi connectivity index (χ0n) is 13.5. The number of nitrogens with zero attached hydrogens (tertiary/aromatic N) is 2. The van der Waals surface area contributed by atoms with E-state index in [1.165, 1.54) is 5.56 Å². The molecule has 3 rings (SSSR count). The fourth-order valence-electron chi connectivity index (χ4n) is 3.03. The molecule has 3 nitrogen and oxygen atoms in total. The minimum atomic E-state index is -1.44. The van der Waals surface area contributed by atoms with Crippen molar-refractivity contribution in [3.63, 3.8) is 0 Å². The summed E-state index contributed by atoms with van der Waals surface area (Å²) in [4.78, 5) is 4.25. The molecule has 0 aromatic heterocycles. The van der Waals surface area contributed by atoms with Gasteiger partial charge in [-0.05, 0) is 43.3 Å². The van der Waals surface area contributed by atoms with Crippen LogP contribution in [0, 0.1) is 6.92 Å². The first kappa shape index (κ1) is 17.5. The monoisotopic (exact) mass is 384 g/mol. The molecule has 0 aliphatic carbocycles. The Balaban J connectivity index is 1.94. The van der Waals surface area contributed by atoms with Gasteiger partial charge in [-0.3, -0.25) is 0 Å². The van der Waals surface area contributed by atoms with Crippen LogP contribution >= 0.6 is 34.8 Å². The molecule has 0 spiro atoms. The standard InChI is InChI=1S/C18H19Cl3N2O/c1-13-3-5-14(6-4-13)22-11-12-23(17(22)18(19,20)21)15-7-9-16(24-2)10-8-15/h3-10,17H,11-12H2,1-2H3. The Morgan fingerprint density at radius 1 is 0.875 bits per heavy atom. The normalized spacial score (nSPS) is 18.1. The van der Waals surface area contributed by atoms with E-state index in [1.807, 2.05) is 24.3 Å². The third-order valence-electron chi connectivity index (χ3n) is 4.23. The topological polar surface area (TPSA) is 15.7 Å². The lowest BCUT2D eigenvalue weighted by atomic mass is 10.2. The molecule has 2 aromatic rings. The minimum absolute atomic E-state index is 0.376. The second-order valence-corrected chi connectivity index (χ2v) is 8.20. The highest BCUT2D eigenvalue weighted by Crippen LogP contribution is 2.42. The van der Waals surface area contributed by atoms with Crippen LogP contribution in [0.25, 0.3) is 0 Å². The third-order valence-corrected chi connectivity index (χ3v) is 4.82. The summed E-state index contributed by atoms with van der Waals surface area (Å²) in [6.45, 7) is 3.62. The lowest BCUT2D eigenvalue weighted by molar-refractivity contribution is 0.415. The molecule has 1 aliphatic heterocycles. The highest BCUT2D eigenvalue weighted by Gasteiger charge is 2.45. The van der Waals surface area contributed by atoms with Gasteiger partial charge >= 0.3 is 0 Å². The summed E-state index contributed by atoms with van der Waals surface area (Å²) in [5.74, 6) is 0.804. The van der Waals surface area contributed by atoms with Gasteiger partial charge in [0.1, 0.15) is 5.75 Å². The van der Waals surface area contributed by atoms with E-state index < -0.39 is 3.79 Å². The van der Waals surface area contributed by atoms with E-state index in [0.29, 0.717) is 0 Å². The number of hydrogen-bond donors (Lipinski definition) is 0. The van der Waals surface area contributed by atoms with Gasteiger partial charge in [0.05, 0.1) is 7.11 Å². The van der Waals surface area contributed by atoms with E-state index in [0.717, 1.165) is 30.2 Å². The van der Waals surface area contributed by atoms with Crippen molar-refractivity contribution < 1.29 is 4.74 Å². The number of hydrogen-bond acceptors (Lipinski definition) is 3. The van der Waals surface area contributed by atoms with Crippen LogP contribution in [0.4, 0.5) is 11.4 Å². The van der Waals surface area contributed by atoms with Crippen LogP contribution in [0.5, 0.6) is 5.75 Å². The summed E-state index contributed by atoms with van der Waals surface area (Å²) in [7, 11) is 1.65. The molecule has 0 radical (unpaired) electrons. The maximum absolute atomic E-state index is 6.34. The number of anilines is 2. The Hall–Kier alpha value is -1.29. The lowest BCUT2D eigenvalue weighted by Gasteiger charge is -2.37. The number of benzene rings is 2. The summed E-state index contributed by atoms with van der Waals surface area (Å²) in [6, 6.07) is 16.1. The predicted octanol–water partition coefficient (Wildman–Crippen LogP) is 5.03. The summed E-state index contributed by atoms with van der Waals surface area (Å²) < 4.78 is 3.78. The minimum Gasteiger partial charge on any atom is -0.497 e. The molecule has 1 fully saturated rings. The highest BCUT2D eigenvalue weighted by atomic mass is 35.6. The van der Waals surface area contributed by atoms with E-state index in [1.54, 1.807) is 7.11 Å². The second-order valence-electron chi connectivity index (χ2n) is 5.84. The SMILES string of the molecule is COc1ccc(N2CCN(c3ccc(C)cc3)C2C(Cl)(Cl)Cl)cc1. The summed E-state index contributed by atoms with van der Waals surface area (Å²) in [6.07, 6.45) is -0.376. The summed E-state index contributed by atoms with van der Waals surface area (Å²) in [5.41, 5.74) is 3.25. The number of ether oxygens (including phenoxy) is 1. The number of alkyl halides is 3. The maximum Gasteiger partial charge on any atom is 0.228 e. The molecule has 1 atom stereocenters. The smallest absolute Gasteiger partial charge is 0.228 e. The fourth-order valence-corrected chi connectivity index (χ4v) is 3.74. The predicted molar refractivity (Wildman–Crippen MR) is 103 cm³/mol. The van der Waals surface area contributed by atoms with Crippen molar-refractivity contribution in [2.75, 3.05) is 30.0 Å². The number of halogens is 3. The molecular weight excluding hydrogens is 367 g/mol. The van der Waals surface area contributed by atoms with Gasteiger partial charge in [0.2, 0.25) is 3.79 Å². The Labute approximate surface area is 157 Å². The number of aryl methyl sites for hydroxylation is 1. The molecule has 0 amide bonds. The Bertz CT molecular complexity index is 683. The van der Waals surface area contributed by atoms with E-state index in [2.05, 4.69) is 41.0 Å². The van der Waals surface area contributed by atoms with Crippen LogP contribution in [0.2, 0.25) is 0 Å². The number of rotatable bonds is 3. The molecule has 24 heavy (non-hydrogen) atoms. The second kappa shape index (κ2) is 6.91. The van der Waals surface area contributed by atoms with Crippen LogP contribution in [0.3, 0.4) is 0 Å². The van der Waals surface area contributed by atoms with Gasteiger partial charge in [0.15, 0.2) is 6.17 Å². The van der Waals surface area contributed by atoms with Crippen molar-refractivity contribution >= 4 is 46.2 Å². The van der Waals surface area contributed by atoms with Gasteiger partial charge in [0.25, 0.3) is 0 Å². The molecule has 1 heterocycles. The molecule has 1 aliphatic rings. The number of methoxy groups -OCH3 is 1. The van der Waals surface area contributed by atoms with Crippen molar-refractivity contribution in [1.29, 1.82) is 0 Å². The quantitative estimate of drug-likeness (QED) is 0.689. The van der Waals surface area contributed by atoms with Crippen LogP contribution < -0.4 is 14.5 Å². The van der Waals surface area contributed by atoms with Crippen LogP contribution in [0.1, 0.15) is 5.56 Å². The van der Waals surface area contributed by atoms with Gasteiger partial charge in [0, 0.05) is 24.5 Å². The van der Waals surface area contributed by atoms with Gasteiger partial charge in [-0.1, -0.05) is 52.5 Å². The van der Waals surface area contributed by atoms with Gasteiger partial charge in [-0.15, -0.1) is 0 Å². The molecule has 1 saturated heterocycles. The van der Waals surface area contributed by atoms with Crippen molar-refractivity contribution in [2.45, 2.75) is 16.9 Å². The zero-order chi connectivity index (χ0) is 17.3. The molecule has 0 N–H and O–H groups in total. The van der Waals surface area contributed by atoms with Crippen molar-refractivity contribution in [2.24, 2.45) is 0 Å². The Morgan fingerprint density at radius 2 is 1.33 bits per heavy atom. The van der Waals surface area contributed by atoms with E-state index in [4.69, 9.17) is 39.5 Å². The maximum atomic E-state index is 6.34. The average molecular weight is 386 g/mol. The largest absolute Gasteiger partial charge is 0.497 e. The highest BCUT2D eigenvalue weighted by molar-refractivity contribution is 6.68. The van der Waals surface area contributed by atoms with Gasteiger partial charge in [-0.2, -0.15) is 0 Å². The van der Waals surface area contributed by atoms with Crippen LogP contribution in [0.15, 0.2) is 48.5 Å². The van der Waals surface area contributed by atoms with Crippen molar-refractivity contribution in [3.05, 3.63) is 54.1 Å². The van der Waals surface area contributed by atoms with Gasteiger partial charge < -0.3 is 14.5 Å². The van der Waals surface area contributed by atoms with E-state index in [-0.39, 0.29) is 6.17 Å². The summed E-state index contributed by atoms with van der Waals surface area (Å²) >= 11 is 19.0. The molecule has 0 saturated carbocycles. The van der Waals surface area contributed by atoms with E-state index >= 15 is 0 Å². The fraction of sp³-hybridized carbons (Fsp3) is 0.333. The molecule has 2 aromatic carbocycles. The average Bonchev–Trinajstić information content (AvgIpc) is 3.01. The molecule has 0 bridgehead atoms. The lowest BCUT2D eigenvalue weighted by Crippen LogP contribution is -2.48. The Kier molecular flexibility index (Phi) is 5.05. The first-order valence-corrected chi connectivity index (χ1v) is 8.84. The van der Waals surface area contributed by atoms with Crippen molar-refractivity contribution in [1.82, 2.24) is 0 Å².